The number of likely N-dealkylation sites (N-methyl/N-ethyl adjacent to an activating group) is 1. The molecule has 0 spiro atoms. The van der Waals surface area contributed by atoms with Crippen LogP contribution in [-0.2, 0) is 32.7 Å². The van der Waals surface area contributed by atoms with E-state index in [1.54, 1.807) is 0 Å². The average Bonchev–Trinajstić information content (AvgIpc) is 3.45. The van der Waals surface area contributed by atoms with E-state index in [2.05, 4.69) is 111 Å². The number of nitrogens with zero attached hydrogens (tertiary/aromatic N) is 1. The van der Waals surface area contributed by atoms with Gasteiger partial charge in [-0.2, -0.15) is 0 Å². The molecule has 0 aliphatic heterocycles. The summed E-state index contributed by atoms with van der Waals surface area (Å²) in [5.41, 5.74) is 0. The van der Waals surface area contributed by atoms with Gasteiger partial charge in [0.2, 0.25) is 0 Å². The smallest absolute Gasteiger partial charge is 0.306 e. The maximum atomic E-state index is 12.8. The van der Waals surface area contributed by atoms with Crippen molar-refractivity contribution in [2.24, 2.45) is 0 Å². The Morgan fingerprint density at radius 3 is 1.05 bits per heavy atom. The highest BCUT2D eigenvalue weighted by Crippen LogP contribution is 2.38. The molecule has 0 aromatic rings. The first kappa shape index (κ1) is 78.9. The van der Waals surface area contributed by atoms with Gasteiger partial charge in [0.1, 0.15) is 19.8 Å². The van der Waals surface area contributed by atoms with Gasteiger partial charge in [0.05, 0.1) is 27.7 Å². The number of hydrogen-bond acceptors (Lipinski definition) is 8. The molecular formula is C72H128NO8P. The van der Waals surface area contributed by atoms with Crippen molar-refractivity contribution in [1.82, 2.24) is 0 Å². The van der Waals surface area contributed by atoms with Crippen LogP contribution in [0.1, 0.15) is 296 Å². The van der Waals surface area contributed by atoms with Crippen molar-refractivity contribution in [3.8, 4) is 0 Å². The Kier molecular flexibility index (Phi) is 60.1. The van der Waals surface area contributed by atoms with E-state index in [4.69, 9.17) is 18.5 Å². The third-order valence-corrected chi connectivity index (χ3v) is 15.6. The monoisotopic (exact) mass is 1170 g/mol. The molecule has 0 rings (SSSR count). The Balaban J connectivity index is 3.96. The highest BCUT2D eigenvalue weighted by atomic mass is 31.2. The molecule has 0 fully saturated rings. The Bertz CT molecular complexity index is 1710. The van der Waals surface area contributed by atoms with E-state index in [9.17, 15) is 19.0 Å². The zero-order chi connectivity index (χ0) is 59.8. The number of rotatable bonds is 62. The summed E-state index contributed by atoms with van der Waals surface area (Å²) in [6.45, 7) is 4.14. The molecular weight excluding hydrogens is 1040 g/mol. The van der Waals surface area contributed by atoms with Crippen LogP contribution >= 0.6 is 7.82 Å². The summed E-state index contributed by atoms with van der Waals surface area (Å²) >= 11 is 0. The lowest BCUT2D eigenvalue weighted by molar-refractivity contribution is -0.870. The van der Waals surface area contributed by atoms with Crippen LogP contribution in [0.2, 0.25) is 0 Å². The van der Waals surface area contributed by atoms with Crippen molar-refractivity contribution in [2.75, 3.05) is 47.5 Å². The summed E-state index contributed by atoms with van der Waals surface area (Å²) in [6.07, 6.45) is 86.3. The van der Waals surface area contributed by atoms with Gasteiger partial charge in [0.25, 0.3) is 7.82 Å². The lowest BCUT2D eigenvalue weighted by atomic mass is 10.0. The number of phosphoric acid groups is 1. The molecule has 2 atom stereocenters. The Morgan fingerprint density at radius 1 is 0.390 bits per heavy atom. The number of phosphoric ester groups is 1. The van der Waals surface area contributed by atoms with Gasteiger partial charge in [-0.05, 0) is 96.3 Å². The Morgan fingerprint density at radius 2 is 0.695 bits per heavy atom. The second-order valence-corrected chi connectivity index (χ2v) is 25.2. The molecule has 0 saturated heterocycles. The van der Waals surface area contributed by atoms with Crippen molar-refractivity contribution in [3.05, 3.63) is 97.2 Å². The number of esters is 2. The summed E-state index contributed by atoms with van der Waals surface area (Å²) in [5.74, 6) is -0.830. The molecule has 0 aliphatic rings. The average molecular weight is 1170 g/mol. The van der Waals surface area contributed by atoms with E-state index in [1.165, 1.54) is 167 Å². The van der Waals surface area contributed by atoms with E-state index in [0.29, 0.717) is 17.4 Å². The number of unbranched alkanes of at least 4 members (excludes halogenated alkanes) is 32. The van der Waals surface area contributed by atoms with E-state index in [1.807, 2.05) is 21.1 Å². The maximum Gasteiger partial charge on any atom is 0.306 e. The van der Waals surface area contributed by atoms with E-state index in [0.717, 1.165) is 96.3 Å². The normalized spacial score (nSPS) is 13.8. The van der Waals surface area contributed by atoms with Gasteiger partial charge in [-0.25, -0.2) is 0 Å². The minimum atomic E-state index is -4.64. The van der Waals surface area contributed by atoms with Crippen LogP contribution in [0.4, 0.5) is 0 Å². The van der Waals surface area contributed by atoms with Crippen molar-refractivity contribution >= 4 is 19.8 Å². The second-order valence-electron chi connectivity index (χ2n) is 23.8. The van der Waals surface area contributed by atoms with Crippen LogP contribution in [0.3, 0.4) is 0 Å². The molecule has 0 aromatic heterocycles. The van der Waals surface area contributed by atoms with Crippen molar-refractivity contribution in [1.29, 1.82) is 0 Å². The zero-order valence-corrected chi connectivity index (χ0v) is 54.8. The lowest BCUT2D eigenvalue weighted by Gasteiger charge is -2.28. The molecule has 2 unspecified atom stereocenters. The molecule has 82 heavy (non-hydrogen) atoms. The van der Waals surface area contributed by atoms with Gasteiger partial charge < -0.3 is 27.9 Å². The summed E-state index contributed by atoms with van der Waals surface area (Å²) in [5, 5.41) is 0. The molecule has 0 heterocycles. The van der Waals surface area contributed by atoms with Gasteiger partial charge in [-0.15, -0.1) is 0 Å². The fourth-order valence-corrected chi connectivity index (χ4v) is 10.1. The van der Waals surface area contributed by atoms with Gasteiger partial charge >= 0.3 is 11.9 Å². The van der Waals surface area contributed by atoms with Crippen LogP contribution in [0, 0.1) is 0 Å². The molecule has 9 nitrogen and oxygen atoms in total. The van der Waals surface area contributed by atoms with Crippen molar-refractivity contribution < 1.29 is 42.1 Å². The number of ether oxygens (including phenoxy) is 2. The second kappa shape index (κ2) is 62.5. The highest BCUT2D eigenvalue weighted by Gasteiger charge is 2.22. The first-order valence-corrected chi connectivity index (χ1v) is 35.4. The molecule has 0 N–H and O–H groups in total. The lowest BCUT2D eigenvalue weighted by Crippen LogP contribution is -2.37. The van der Waals surface area contributed by atoms with Gasteiger partial charge in [0.15, 0.2) is 6.10 Å². The van der Waals surface area contributed by atoms with E-state index < -0.39 is 26.5 Å². The topological polar surface area (TPSA) is 111 Å². The molecule has 0 aliphatic carbocycles. The van der Waals surface area contributed by atoms with Gasteiger partial charge in [-0.1, -0.05) is 284 Å². The Hall–Kier alpha value is -3.07. The first-order chi connectivity index (χ1) is 40.0. The predicted octanol–water partition coefficient (Wildman–Crippen LogP) is 21.3. The fourth-order valence-electron chi connectivity index (χ4n) is 9.40. The van der Waals surface area contributed by atoms with Crippen molar-refractivity contribution in [3.63, 3.8) is 0 Å². The van der Waals surface area contributed by atoms with Crippen molar-refractivity contribution in [2.45, 2.75) is 302 Å². The third-order valence-electron chi connectivity index (χ3n) is 14.6. The number of allylic oxidation sites excluding steroid dienone is 16. The van der Waals surface area contributed by atoms with Crippen LogP contribution in [-0.4, -0.2) is 70.0 Å². The number of hydrogen-bond donors (Lipinski definition) is 0. The predicted molar refractivity (Wildman–Crippen MR) is 351 cm³/mol. The van der Waals surface area contributed by atoms with Crippen LogP contribution in [0.5, 0.6) is 0 Å². The summed E-state index contributed by atoms with van der Waals surface area (Å²) in [6, 6.07) is 0. The molecule has 10 heteroatoms. The van der Waals surface area contributed by atoms with Crippen LogP contribution < -0.4 is 4.89 Å². The molecule has 474 valence electrons. The minimum Gasteiger partial charge on any atom is -0.756 e. The quantitative estimate of drug-likeness (QED) is 0.0195. The van der Waals surface area contributed by atoms with Crippen LogP contribution in [0.25, 0.3) is 0 Å². The maximum absolute atomic E-state index is 12.8. The van der Waals surface area contributed by atoms with E-state index in [-0.39, 0.29) is 32.0 Å². The summed E-state index contributed by atoms with van der Waals surface area (Å²) in [4.78, 5) is 37.9. The SMILES string of the molecule is CC/C=C\C/C=C\C/C=C\C/C=C\C/C=C\C/C=C\C/C=C\CCCCCCCCCCCCCCCCCCCCCC(=O)OC(COC(=O)CCCCCCCCC/C=C\CCCCCCCC)COP(=O)([O-])OCC[N+](C)(C)C. The summed E-state index contributed by atoms with van der Waals surface area (Å²) < 4.78 is 34.2. The molecule has 0 aromatic carbocycles. The zero-order valence-electron chi connectivity index (χ0n) is 53.9. The Labute approximate surface area is 506 Å². The highest BCUT2D eigenvalue weighted by molar-refractivity contribution is 7.45. The van der Waals surface area contributed by atoms with E-state index >= 15 is 0 Å². The van der Waals surface area contributed by atoms with Crippen LogP contribution in [0.15, 0.2) is 97.2 Å². The number of carbonyl (C=O) groups excluding carboxylic acids is 2. The first-order valence-electron chi connectivity index (χ1n) is 33.9. The number of carbonyl (C=O) groups is 2. The largest absolute Gasteiger partial charge is 0.756 e. The summed E-state index contributed by atoms with van der Waals surface area (Å²) in [7, 11) is 1.17. The molecule has 0 radical (unpaired) electrons. The van der Waals surface area contributed by atoms with Gasteiger partial charge in [-0.3, -0.25) is 14.2 Å². The van der Waals surface area contributed by atoms with Gasteiger partial charge in [0, 0.05) is 12.8 Å². The molecule has 0 bridgehead atoms. The fraction of sp³-hybridized carbons (Fsp3) is 0.750. The standard InChI is InChI=1S/C72H128NO8P/c1-6-8-10-12-14-16-18-20-22-24-25-26-27-28-29-30-31-32-33-34-35-36-37-38-39-40-41-42-43-44-45-46-47-49-51-53-55-57-59-61-63-65-72(75)81-70(69-80-82(76,77)79-67-66-73(3,4)5)68-78-71(74)64-62-60-58-56-54-52-50-48-23-21-19-17-15-13-11-9-7-2/h8,10,14,16,20-23,25-26,28-29,31-32,34-35,70H,6-7,9,11-13,15,17-19,24,27,30,33,36-69H2,1-5H3/b10-8-,16-14-,22-20-,23-21-,26-25-,29-28-,32-31-,35-34-. The molecule has 0 saturated carbocycles. The molecule has 0 amide bonds. The third kappa shape index (κ3) is 66.1. The minimum absolute atomic E-state index is 0.0324. The number of quaternary nitrogens is 1.